The van der Waals surface area contributed by atoms with Crippen LogP contribution in [0.5, 0.6) is 0 Å². The summed E-state index contributed by atoms with van der Waals surface area (Å²) in [4.78, 5) is 2.62. The van der Waals surface area contributed by atoms with Crippen LogP contribution in [-0.2, 0) is 0 Å². The summed E-state index contributed by atoms with van der Waals surface area (Å²) >= 11 is 2.11. The van der Waals surface area contributed by atoms with Crippen molar-refractivity contribution in [1.82, 2.24) is 4.90 Å². The molecule has 0 radical (unpaired) electrons. The van der Waals surface area contributed by atoms with Gasteiger partial charge < -0.3 is 0 Å². The summed E-state index contributed by atoms with van der Waals surface area (Å²) in [5.41, 5.74) is 0.448. The van der Waals surface area contributed by atoms with Crippen molar-refractivity contribution in [1.29, 1.82) is 0 Å². The quantitative estimate of drug-likeness (QED) is 0.620. The van der Waals surface area contributed by atoms with E-state index in [2.05, 4.69) is 44.4 Å². The molecule has 0 N–H and O–H groups in total. The third-order valence-corrected chi connectivity index (χ3v) is 3.67. The molecule has 1 nitrogen and oxygen atoms in total. The van der Waals surface area contributed by atoms with Gasteiger partial charge in [0.25, 0.3) is 0 Å². The zero-order valence-electron chi connectivity index (χ0n) is 8.76. The molecule has 1 aliphatic rings. The molecule has 0 aliphatic carbocycles. The fourth-order valence-electron chi connectivity index (χ4n) is 1.81. The standard InChI is InChI=1S/C10H21NS/c1-5-11-6-7-12-8-9(11)10(2,3)4/h9H,5-8H2,1-4H3. The van der Waals surface area contributed by atoms with Crippen LogP contribution in [0, 0.1) is 5.41 Å². The minimum Gasteiger partial charge on any atom is -0.298 e. The van der Waals surface area contributed by atoms with Crippen molar-refractivity contribution in [3.63, 3.8) is 0 Å². The maximum atomic E-state index is 2.62. The van der Waals surface area contributed by atoms with Gasteiger partial charge in [-0.3, -0.25) is 4.90 Å². The molecule has 1 heterocycles. The van der Waals surface area contributed by atoms with E-state index in [4.69, 9.17) is 0 Å². The number of rotatable bonds is 1. The Bertz CT molecular complexity index is 139. The first-order valence-corrected chi connectivity index (χ1v) is 6.03. The maximum absolute atomic E-state index is 2.62. The maximum Gasteiger partial charge on any atom is 0.0235 e. The molecule has 2 heteroatoms. The second kappa shape index (κ2) is 4.01. The highest BCUT2D eigenvalue weighted by molar-refractivity contribution is 7.99. The molecule has 1 unspecified atom stereocenters. The SMILES string of the molecule is CCN1CCSCC1C(C)(C)C. The Morgan fingerprint density at radius 3 is 2.50 bits per heavy atom. The molecule has 1 aliphatic heterocycles. The molecule has 12 heavy (non-hydrogen) atoms. The number of thioether (sulfide) groups is 1. The van der Waals surface area contributed by atoms with Gasteiger partial charge in [-0.15, -0.1) is 0 Å². The van der Waals surface area contributed by atoms with Crippen LogP contribution in [0.15, 0.2) is 0 Å². The van der Waals surface area contributed by atoms with E-state index in [9.17, 15) is 0 Å². The van der Waals surface area contributed by atoms with Gasteiger partial charge in [-0.2, -0.15) is 11.8 Å². The van der Waals surface area contributed by atoms with Crippen molar-refractivity contribution in [2.75, 3.05) is 24.6 Å². The fourth-order valence-corrected chi connectivity index (χ4v) is 3.28. The van der Waals surface area contributed by atoms with E-state index in [1.807, 2.05) is 0 Å². The summed E-state index contributed by atoms with van der Waals surface area (Å²) in [5, 5.41) is 0. The van der Waals surface area contributed by atoms with E-state index in [1.54, 1.807) is 0 Å². The van der Waals surface area contributed by atoms with Gasteiger partial charge in [-0.25, -0.2) is 0 Å². The van der Waals surface area contributed by atoms with Gasteiger partial charge >= 0.3 is 0 Å². The van der Waals surface area contributed by atoms with Crippen molar-refractivity contribution < 1.29 is 0 Å². The highest BCUT2D eigenvalue weighted by Gasteiger charge is 2.31. The lowest BCUT2D eigenvalue weighted by Crippen LogP contribution is -2.49. The Balaban J connectivity index is 2.59. The third-order valence-electron chi connectivity index (χ3n) is 2.65. The van der Waals surface area contributed by atoms with Crippen molar-refractivity contribution in [2.45, 2.75) is 33.7 Å². The molecule has 0 amide bonds. The van der Waals surface area contributed by atoms with Crippen LogP contribution >= 0.6 is 11.8 Å². The molecule has 1 fully saturated rings. The Morgan fingerprint density at radius 1 is 1.42 bits per heavy atom. The van der Waals surface area contributed by atoms with Gasteiger partial charge in [-0.1, -0.05) is 27.7 Å². The molecule has 0 saturated carbocycles. The van der Waals surface area contributed by atoms with E-state index in [0.29, 0.717) is 5.41 Å². The molecule has 1 rings (SSSR count). The molecule has 0 spiro atoms. The second-order valence-corrected chi connectivity index (χ2v) is 5.74. The summed E-state index contributed by atoms with van der Waals surface area (Å²) in [7, 11) is 0. The van der Waals surface area contributed by atoms with Crippen LogP contribution in [0.2, 0.25) is 0 Å². The van der Waals surface area contributed by atoms with E-state index in [-0.39, 0.29) is 0 Å². The Morgan fingerprint density at radius 2 is 2.08 bits per heavy atom. The summed E-state index contributed by atoms with van der Waals surface area (Å²) in [6, 6.07) is 0.779. The summed E-state index contributed by atoms with van der Waals surface area (Å²) in [6.07, 6.45) is 0. The zero-order chi connectivity index (χ0) is 9.19. The van der Waals surface area contributed by atoms with Crippen molar-refractivity contribution in [3.8, 4) is 0 Å². The lowest BCUT2D eigenvalue weighted by Gasteiger charge is -2.42. The van der Waals surface area contributed by atoms with Crippen molar-refractivity contribution in [2.24, 2.45) is 5.41 Å². The monoisotopic (exact) mass is 187 g/mol. The highest BCUT2D eigenvalue weighted by atomic mass is 32.2. The summed E-state index contributed by atoms with van der Waals surface area (Å²) in [6.45, 7) is 11.8. The van der Waals surface area contributed by atoms with Gasteiger partial charge in [0.05, 0.1) is 0 Å². The Labute approximate surface area is 80.9 Å². The van der Waals surface area contributed by atoms with Crippen LogP contribution in [0.1, 0.15) is 27.7 Å². The molecule has 72 valence electrons. The summed E-state index contributed by atoms with van der Waals surface area (Å²) < 4.78 is 0. The topological polar surface area (TPSA) is 3.24 Å². The second-order valence-electron chi connectivity index (χ2n) is 4.59. The fraction of sp³-hybridized carbons (Fsp3) is 1.00. The predicted octanol–water partition coefficient (Wildman–Crippen LogP) is 2.47. The molecular weight excluding hydrogens is 166 g/mol. The number of nitrogens with zero attached hydrogens (tertiary/aromatic N) is 1. The normalized spacial score (nSPS) is 27.5. The first kappa shape index (κ1) is 10.4. The van der Waals surface area contributed by atoms with Crippen LogP contribution in [-0.4, -0.2) is 35.5 Å². The average molecular weight is 187 g/mol. The van der Waals surface area contributed by atoms with Gasteiger partial charge in [-0.05, 0) is 12.0 Å². The van der Waals surface area contributed by atoms with Crippen LogP contribution in [0.3, 0.4) is 0 Å². The van der Waals surface area contributed by atoms with E-state index < -0.39 is 0 Å². The van der Waals surface area contributed by atoms with Crippen molar-refractivity contribution in [3.05, 3.63) is 0 Å². The first-order valence-electron chi connectivity index (χ1n) is 4.87. The molecule has 0 aromatic heterocycles. The van der Waals surface area contributed by atoms with Gasteiger partial charge in [0.15, 0.2) is 0 Å². The third kappa shape index (κ3) is 2.40. The predicted molar refractivity (Wildman–Crippen MR) is 57.8 cm³/mol. The van der Waals surface area contributed by atoms with Gasteiger partial charge in [0.1, 0.15) is 0 Å². The summed E-state index contributed by atoms with van der Waals surface area (Å²) in [5.74, 6) is 2.64. The Kier molecular flexibility index (Phi) is 3.47. The van der Waals surface area contributed by atoms with E-state index in [0.717, 1.165) is 6.04 Å². The minimum absolute atomic E-state index is 0.448. The lowest BCUT2D eigenvalue weighted by atomic mass is 9.86. The Hall–Kier alpha value is 0.310. The van der Waals surface area contributed by atoms with Crippen LogP contribution < -0.4 is 0 Å². The van der Waals surface area contributed by atoms with Gasteiger partial charge in [0, 0.05) is 24.1 Å². The highest BCUT2D eigenvalue weighted by Crippen LogP contribution is 2.30. The van der Waals surface area contributed by atoms with Crippen LogP contribution in [0.4, 0.5) is 0 Å². The average Bonchev–Trinajstić information content (AvgIpc) is 2.03. The molecule has 1 atom stereocenters. The zero-order valence-corrected chi connectivity index (χ0v) is 9.58. The van der Waals surface area contributed by atoms with Crippen LogP contribution in [0.25, 0.3) is 0 Å². The van der Waals surface area contributed by atoms with Gasteiger partial charge in [0.2, 0.25) is 0 Å². The molecule has 0 aromatic rings. The van der Waals surface area contributed by atoms with E-state index in [1.165, 1.54) is 24.6 Å². The van der Waals surface area contributed by atoms with E-state index >= 15 is 0 Å². The molecule has 0 bridgehead atoms. The molecular formula is C10H21NS. The largest absolute Gasteiger partial charge is 0.298 e. The lowest BCUT2D eigenvalue weighted by molar-refractivity contribution is 0.125. The molecule has 1 saturated heterocycles. The number of hydrogen-bond acceptors (Lipinski definition) is 2. The first-order chi connectivity index (χ1) is 5.55. The number of hydrogen-bond donors (Lipinski definition) is 0. The van der Waals surface area contributed by atoms with Crippen molar-refractivity contribution >= 4 is 11.8 Å². The smallest absolute Gasteiger partial charge is 0.0235 e. The molecule has 0 aromatic carbocycles. The minimum atomic E-state index is 0.448.